The van der Waals surface area contributed by atoms with Gasteiger partial charge in [-0.2, -0.15) is 0 Å². The molecule has 0 bridgehead atoms. The molecular weight excluding hydrogens is 352 g/mol. The van der Waals surface area contributed by atoms with Crippen molar-refractivity contribution in [2.75, 3.05) is 0 Å². The number of carbonyl (C=O) groups excluding carboxylic acids is 1. The fraction of sp³-hybridized carbons (Fsp3) is 0.0952. The van der Waals surface area contributed by atoms with E-state index in [1.54, 1.807) is 0 Å². The standard InChI is InChI=1S/C21H17NO5/c23-21(27-15-17-10-5-2-6-11-17)18-12-7-13-19(22(24)25)20(18)26-14-16-8-3-1-4-9-16/h1-13H,14-15H2/i7+1,13+1,18+1,19+1,20+1,21+1. The summed E-state index contributed by atoms with van der Waals surface area (Å²) in [5.74, 6) is -0.768. The summed E-state index contributed by atoms with van der Waals surface area (Å²) >= 11 is 0. The maximum Gasteiger partial charge on any atom is 0.342 e. The maximum atomic E-state index is 12.5. The molecule has 0 fully saturated rings. The lowest BCUT2D eigenvalue weighted by Crippen LogP contribution is -2.10. The minimum atomic E-state index is -0.675. The van der Waals surface area contributed by atoms with Gasteiger partial charge < -0.3 is 9.47 Å². The van der Waals surface area contributed by atoms with Gasteiger partial charge in [-0.3, -0.25) is 10.1 Å². The highest BCUT2D eigenvalue weighted by molar-refractivity contribution is 5.94. The number of carbonyl (C=O) groups is 1. The second-order valence-electron chi connectivity index (χ2n) is 5.75. The Bertz CT molecular complexity index is 926. The first-order valence-electron chi connectivity index (χ1n) is 8.30. The van der Waals surface area contributed by atoms with Crippen LogP contribution in [-0.2, 0) is 18.0 Å². The van der Waals surface area contributed by atoms with Gasteiger partial charge in [0.15, 0.2) is 0 Å². The van der Waals surface area contributed by atoms with Crippen LogP contribution in [0.25, 0.3) is 0 Å². The summed E-state index contributed by atoms with van der Waals surface area (Å²) in [6, 6.07) is 22.6. The van der Waals surface area contributed by atoms with Crippen LogP contribution in [-0.4, -0.2) is 10.9 Å². The Morgan fingerprint density at radius 3 is 2.00 bits per heavy atom. The number of benzene rings is 3. The van der Waals surface area contributed by atoms with Gasteiger partial charge in [-0.15, -0.1) is 0 Å². The lowest BCUT2D eigenvalue weighted by Gasteiger charge is -2.12. The molecule has 0 saturated carbocycles. The highest BCUT2D eigenvalue weighted by Crippen LogP contribution is 2.32. The summed E-state index contributed by atoms with van der Waals surface area (Å²) in [5, 5.41) is 11.4. The molecule has 136 valence electrons. The van der Waals surface area contributed by atoms with Crippen LogP contribution in [0, 0.1) is 10.1 Å². The van der Waals surface area contributed by atoms with Gasteiger partial charge in [0, 0.05) is 6.07 Å². The number of nitro groups is 1. The molecule has 6 heteroatoms. The smallest absolute Gasteiger partial charge is 0.342 e. The highest BCUT2D eigenvalue weighted by atomic mass is 16.7. The zero-order valence-electron chi connectivity index (χ0n) is 14.4. The number of rotatable bonds is 7. The van der Waals surface area contributed by atoms with E-state index in [9.17, 15) is 14.9 Å². The van der Waals surface area contributed by atoms with E-state index >= 15 is 0 Å². The number of esters is 1. The van der Waals surface area contributed by atoms with Crippen LogP contribution < -0.4 is 4.74 Å². The first-order chi connectivity index (χ1) is 13.1. The van der Waals surface area contributed by atoms with Crippen molar-refractivity contribution in [3.05, 3.63) is 106 Å². The molecular formula is C21H17NO5. The normalized spacial score (nSPS) is 10.2. The molecule has 0 radical (unpaired) electrons. The molecule has 3 aromatic carbocycles. The third kappa shape index (κ3) is 4.70. The average Bonchev–Trinajstić information content (AvgIpc) is 2.71. The molecule has 3 aromatic rings. The van der Waals surface area contributed by atoms with E-state index in [4.69, 9.17) is 9.47 Å². The molecule has 3 rings (SSSR count). The summed E-state index contributed by atoms with van der Waals surface area (Å²) in [6.45, 7) is 0.172. The van der Waals surface area contributed by atoms with Crippen molar-refractivity contribution >= 4 is 11.7 Å². The van der Waals surface area contributed by atoms with Crippen molar-refractivity contribution in [2.24, 2.45) is 0 Å². The summed E-state index contributed by atoms with van der Waals surface area (Å²) in [6.07, 6.45) is 0. The minimum absolute atomic E-state index is 0.0241. The summed E-state index contributed by atoms with van der Waals surface area (Å²) in [4.78, 5) is 23.3. The molecule has 0 atom stereocenters. The van der Waals surface area contributed by atoms with Crippen molar-refractivity contribution in [1.82, 2.24) is 0 Å². The number of para-hydroxylation sites is 1. The Balaban J connectivity index is 1.81. The molecule has 0 amide bonds. The van der Waals surface area contributed by atoms with Crippen LogP contribution >= 0.6 is 0 Å². The maximum absolute atomic E-state index is 12.5. The van der Waals surface area contributed by atoms with Crippen LogP contribution in [0.1, 0.15) is 21.5 Å². The fourth-order valence-electron chi connectivity index (χ4n) is 2.51. The summed E-state index contributed by atoms with van der Waals surface area (Å²) < 4.78 is 10.9. The van der Waals surface area contributed by atoms with E-state index in [-0.39, 0.29) is 30.2 Å². The van der Waals surface area contributed by atoms with Gasteiger partial charge in [0.05, 0.1) is 4.92 Å². The van der Waals surface area contributed by atoms with Gasteiger partial charge in [-0.25, -0.2) is 4.79 Å². The third-order valence-corrected chi connectivity index (χ3v) is 3.85. The molecule has 0 saturated heterocycles. The molecule has 0 N–H and O–H groups in total. The lowest BCUT2D eigenvalue weighted by molar-refractivity contribution is -0.386. The minimum Gasteiger partial charge on any atom is -0.481 e. The zero-order valence-corrected chi connectivity index (χ0v) is 14.4. The van der Waals surface area contributed by atoms with Crippen LogP contribution in [0.2, 0.25) is 0 Å². The van der Waals surface area contributed by atoms with Crippen molar-refractivity contribution in [3.8, 4) is 5.75 Å². The van der Waals surface area contributed by atoms with Crippen molar-refractivity contribution in [3.63, 3.8) is 0 Å². The Morgan fingerprint density at radius 1 is 0.815 bits per heavy atom. The van der Waals surface area contributed by atoms with Gasteiger partial charge in [0.25, 0.3) is 0 Å². The van der Waals surface area contributed by atoms with Gasteiger partial charge in [-0.1, -0.05) is 66.7 Å². The molecule has 0 aliphatic heterocycles. The molecule has 0 aliphatic carbocycles. The van der Waals surface area contributed by atoms with Crippen molar-refractivity contribution in [2.45, 2.75) is 13.2 Å². The number of ether oxygens (including phenoxy) is 2. The van der Waals surface area contributed by atoms with E-state index in [0.29, 0.717) is 0 Å². The Kier molecular flexibility index (Phi) is 5.79. The Labute approximate surface area is 156 Å². The molecule has 0 spiro atoms. The van der Waals surface area contributed by atoms with E-state index < -0.39 is 10.9 Å². The van der Waals surface area contributed by atoms with Crippen molar-refractivity contribution in [1.29, 1.82) is 0 Å². The third-order valence-electron chi connectivity index (χ3n) is 3.85. The second-order valence-corrected chi connectivity index (χ2v) is 5.75. The lowest BCUT2D eigenvalue weighted by atomic mass is 10.2. The predicted molar refractivity (Wildman–Crippen MR) is 99.4 cm³/mol. The summed E-state index contributed by atoms with van der Waals surface area (Å²) in [7, 11) is 0. The molecule has 6 nitrogen and oxygen atoms in total. The van der Waals surface area contributed by atoms with Crippen LogP contribution in [0.5, 0.6) is 5.75 Å². The fourth-order valence-corrected chi connectivity index (χ4v) is 2.51. The second kappa shape index (κ2) is 8.62. The number of nitro benzene ring substituents is 1. The topological polar surface area (TPSA) is 78.7 Å². The van der Waals surface area contributed by atoms with E-state index in [2.05, 4.69) is 0 Å². The molecule has 0 aromatic heterocycles. The number of hydrogen-bond acceptors (Lipinski definition) is 5. The van der Waals surface area contributed by atoms with E-state index in [1.165, 1.54) is 18.2 Å². The largest absolute Gasteiger partial charge is 0.481 e. The first-order valence-corrected chi connectivity index (χ1v) is 8.30. The molecule has 0 heterocycles. The van der Waals surface area contributed by atoms with E-state index in [1.807, 2.05) is 60.7 Å². The van der Waals surface area contributed by atoms with Gasteiger partial charge >= 0.3 is 11.7 Å². The van der Waals surface area contributed by atoms with Crippen LogP contribution in [0.15, 0.2) is 78.9 Å². The Morgan fingerprint density at radius 2 is 1.41 bits per heavy atom. The number of nitrogens with zero attached hydrogens (tertiary/aromatic N) is 1. The molecule has 27 heavy (non-hydrogen) atoms. The number of hydrogen-bond donors (Lipinski definition) is 0. The van der Waals surface area contributed by atoms with Crippen LogP contribution in [0.4, 0.5) is 5.69 Å². The SMILES string of the molecule is O=[13C](OCc1ccccc1)[13c]1c[13cH][13cH][13c]([N+](=O)[O-])[13c]1OCc1ccccc1. The quantitative estimate of drug-likeness (QED) is 0.265. The van der Waals surface area contributed by atoms with Gasteiger partial charge in [0.2, 0.25) is 5.75 Å². The Hall–Kier alpha value is -3.67. The van der Waals surface area contributed by atoms with Gasteiger partial charge in [0.1, 0.15) is 18.8 Å². The monoisotopic (exact) mass is 369 g/mol. The first kappa shape index (κ1) is 18.1. The highest BCUT2D eigenvalue weighted by Gasteiger charge is 2.24. The summed E-state index contributed by atoms with van der Waals surface area (Å²) in [5.41, 5.74) is 1.40. The van der Waals surface area contributed by atoms with Crippen molar-refractivity contribution < 1.29 is 19.2 Å². The predicted octanol–water partition coefficient (Wildman–Crippen LogP) is 4.53. The van der Waals surface area contributed by atoms with Gasteiger partial charge in [-0.05, 0) is 17.2 Å². The average molecular weight is 369 g/mol. The molecule has 0 aliphatic rings. The zero-order chi connectivity index (χ0) is 19.1. The van der Waals surface area contributed by atoms with E-state index in [0.717, 1.165) is 11.1 Å². The van der Waals surface area contributed by atoms with Crippen LogP contribution in [0.3, 0.4) is 0 Å². The molecule has 0 unspecified atom stereocenters.